The van der Waals surface area contributed by atoms with Crippen LogP contribution in [0.3, 0.4) is 0 Å². The molecule has 76 valence electrons. The van der Waals surface area contributed by atoms with Gasteiger partial charge in [-0.25, -0.2) is 10.0 Å². The highest BCUT2D eigenvalue weighted by Gasteiger charge is 2.14. The van der Waals surface area contributed by atoms with E-state index in [4.69, 9.17) is 0 Å². The summed E-state index contributed by atoms with van der Waals surface area (Å²) in [6.07, 6.45) is 13.5. The normalized spacial score (nSPS) is 21.2. The van der Waals surface area contributed by atoms with Gasteiger partial charge in [-0.2, -0.15) is 0 Å². The second kappa shape index (κ2) is 3.91. The molecule has 0 heterocycles. The van der Waals surface area contributed by atoms with E-state index >= 15 is 0 Å². The second-order valence-electron chi connectivity index (χ2n) is 4.83. The SMILES string of the molecule is CC1=CC(S(C)(C)C)=C(C)CCC1. The van der Waals surface area contributed by atoms with Gasteiger partial charge in [-0.05, 0) is 56.8 Å². The van der Waals surface area contributed by atoms with Crippen molar-refractivity contribution in [3.05, 3.63) is 22.1 Å². The van der Waals surface area contributed by atoms with E-state index in [1.807, 2.05) is 0 Å². The molecule has 0 aromatic heterocycles. The third-order valence-electron chi connectivity index (χ3n) is 2.58. The molecule has 0 unspecified atom stereocenters. The Morgan fingerprint density at radius 3 is 2.23 bits per heavy atom. The first kappa shape index (κ1) is 10.9. The zero-order chi connectivity index (χ0) is 10.1. The van der Waals surface area contributed by atoms with Crippen molar-refractivity contribution in [1.82, 2.24) is 0 Å². The fourth-order valence-electron chi connectivity index (χ4n) is 1.87. The molecule has 1 rings (SSSR count). The molecule has 0 saturated heterocycles. The third-order valence-corrected chi connectivity index (χ3v) is 4.37. The van der Waals surface area contributed by atoms with Crippen LogP contribution in [0.2, 0.25) is 0 Å². The lowest BCUT2D eigenvalue weighted by molar-refractivity contribution is 0.813. The first-order chi connectivity index (χ1) is 5.91. The number of rotatable bonds is 1. The summed E-state index contributed by atoms with van der Waals surface area (Å²) >= 11 is 0. The minimum absolute atomic E-state index is 0.528. The third kappa shape index (κ3) is 2.91. The molecule has 13 heavy (non-hydrogen) atoms. The molecule has 0 radical (unpaired) electrons. The molecule has 0 aromatic rings. The summed E-state index contributed by atoms with van der Waals surface area (Å²) in [7, 11) is -0.528. The topological polar surface area (TPSA) is 0 Å². The van der Waals surface area contributed by atoms with Crippen molar-refractivity contribution in [2.45, 2.75) is 33.1 Å². The van der Waals surface area contributed by atoms with Crippen LogP contribution in [0.1, 0.15) is 33.1 Å². The van der Waals surface area contributed by atoms with Crippen molar-refractivity contribution in [2.75, 3.05) is 18.8 Å². The van der Waals surface area contributed by atoms with Crippen molar-refractivity contribution >= 4 is 10.0 Å². The van der Waals surface area contributed by atoms with Crippen LogP contribution in [-0.4, -0.2) is 18.8 Å². The molecule has 0 atom stereocenters. The molecule has 0 N–H and O–H groups in total. The lowest BCUT2D eigenvalue weighted by Crippen LogP contribution is -1.97. The highest BCUT2D eigenvalue weighted by atomic mass is 32.3. The lowest BCUT2D eigenvalue weighted by Gasteiger charge is -2.29. The molecule has 0 amide bonds. The van der Waals surface area contributed by atoms with E-state index in [-0.39, 0.29) is 0 Å². The van der Waals surface area contributed by atoms with E-state index in [0.29, 0.717) is 0 Å². The van der Waals surface area contributed by atoms with Crippen LogP contribution in [0.15, 0.2) is 22.1 Å². The van der Waals surface area contributed by atoms with Gasteiger partial charge < -0.3 is 0 Å². The maximum atomic E-state index is 2.44. The van der Waals surface area contributed by atoms with E-state index < -0.39 is 10.0 Å². The standard InChI is InChI=1S/C12H22S/c1-10-7-6-8-11(2)12(9-10)13(3,4)5/h9H,6-8H2,1-5H3. The molecule has 0 saturated carbocycles. The van der Waals surface area contributed by atoms with E-state index in [0.717, 1.165) is 0 Å². The van der Waals surface area contributed by atoms with Crippen LogP contribution in [-0.2, 0) is 0 Å². The molecule has 0 spiro atoms. The van der Waals surface area contributed by atoms with Gasteiger partial charge in [0, 0.05) is 0 Å². The van der Waals surface area contributed by atoms with Crippen molar-refractivity contribution < 1.29 is 0 Å². The Labute approximate surface area is 84.4 Å². The Morgan fingerprint density at radius 1 is 1.08 bits per heavy atom. The Hall–Kier alpha value is -0.170. The second-order valence-corrected chi connectivity index (χ2v) is 8.94. The maximum absolute atomic E-state index is 2.44. The van der Waals surface area contributed by atoms with Crippen LogP contribution in [0.25, 0.3) is 0 Å². The lowest BCUT2D eigenvalue weighted by atomic mass is 10.1. The minimum atomic E-state index is -0.528. The molecule has 0 aromatic carbocycles. The molecule has 0 fully saturated rings. The largest absolute Gasteiger partial charge is 0.223 e. The summed E-state index contributed by atoms with van der Waals surface area (Å²) in [6.45, 7) is 4.58. The molecular weight excluding hydrogens is 176 g/mol. The maximum Gasteiger partial charge on any atom is -0.0118 e. The van der Waals surface area contributed by atoms with Gasteiger partial charge in [-0.3, -0.25) is 0 Å². The monoisotopic (exact) mass is 198 g/mol. The molecule has 0 bridgehead atoms. The van der Waals surface area contributed by atoms with Gasteiger partial charge in [0.15, 0.2) is 0 Å². The summed E-state index contributed by atoms with van der Waals surface area (Å²) in [5.41, 5.74) is 3.19. The zero-order valence-electron chi connectivity index (χ0n) is 9.61. The molecule has 0 nitrogen and oxygen atoms in total. The molecule has 1 aliphatic carbocycles. The van der Waals surface area contributed by atoms with Crippen molar-refractivity contribution in [3.63, 3.8) is 0 Å². The first-order valence-corrected chi connectivity index (χ1v) is 7.82. The molecule has 1 aliphatic rings. The highest BCUT2D eigenvalue weighted by Crippen LogP contribution is 2.49. The average molecular weight is 198 g/mol. The Kier molecular flexibility index (Phi) is 3.28. The van der Waals surface area contributed by atoms with Crippen LogP contribution in [0.5, 0.6) is 0 Å². The summed E-state index contributed by atoms with van der Waals surface area (Å²) in [6, 6.07) is 0. The van der Waals surface area contributed by atoms with E-state index in [2.05, 4.69) is 38.7 Å². The van der Waals surface area contributed by atoms with Crippen molar-refractivity contribution in [3.8, 4) is 0 Å². The van der Waals surface area contributed by atoms with Crippen LogP contribution < -0.4 is 0 Å². The Balaban J connectivity index is 3.06. The predicted molar refractivity (Wildman–Crippen MR) is 65.7 cm³/mol. The van der Waals surface area contributed by atoms with Crippen LogP contribution in [0, 0.1) is 0 Å². The summed E-state index contributed by atoms with van der Waals surface area (Å²) in [5, 5.41) is 0. The summed E-state index contributed by atoms with van der Waals surface area (Å²) in [4.78, 5) is 1.64. The van der Waals surface area contributed by atoms with Gasteiger partial charge in [-0.15, -0.1) is 0 Å². The van der Waals surface area contributed by atoms with E-state index in [1.165, 1.54) is 19.3 Å². The van der Waals surface area contributed by atoms with Crippen LogP contribution in [0.4, 0.5) is 0 Å². The van der Waals surface area contributed by atoms with Crippen molar-refractivity contribution in [1.29, 1.82) is 0 Å². The van der Waals surface area contributed by atoms with E-state index in [9.17, 15) is 0 Å². The first-order valence-electron chi connectivity index (χ1n) is 4.96. The summed E-state index contributed by atoms with van der Waals surface area (Å²) in [5.74, 6) is 0. The van der Waals surface area contributed by atoms with Gasteiger partial charge in [0.2, 0.25) is 0 Å². The van der Waals surface area contributed by atoms with Gasteiger partial charge in [0.1, 0.15) is 0 Å². The van der Waals surface area contributed by atoms with Gasteiger partial charge in [-0.1, -0.05) is 17.2 Å². The van der Waals surface area contributed by atoms with Gasteiger partial charge in [0.25, 0.3) is 0 Å². The minimum Gasteiger partial charge on any atom is -0.223 e. The Bertz CT molecular complexity index is 251. The molecule has 1 heteroatoms. The average Bonchev–Trinajstić information content (AvgIpc) is 2.11. The molecular formula is C12H22S. The zero-order valence-corrected chi connectivity index (χ0v) is 10.4. The van der Waals surface area contributed by atoms with Crippen molar-refractivity contribution in [2.24, 2.45) is 0 Å². The molecule has 0 aliphatic heterocycles. The number of hydrogen-bond donors (Lipinski definition) is 0. The Morgan fingerprint density at radius 2 is 1.69 bits per heavy atom. The predicted octanol–water partition coefficient (Wildman–Crippen LogP) is 4.08. The number of allylic oxidation sites excluding steroid dienone is 3. The van der Waals surface area contributed by atoms with Gasteiger partial charge >= 0.3 is 0 Å². The quantitative estimate of drug-likeness (QED) is 0.595. The fraction of sp³-hybridized carbons (Fsp3) is 0.667. The fourth-order valence-corrected chi connectivity index (χ4v) is 3.58. The summed E-state index contributed by atoms with van der Waals surface area (Å²) < 4.78 is 0. The van der Waals surface area contributed by atoms with E-state index in [1.54, 1.807) is 16.1 Å². The number of hydrogen-bond acceptors (Lipinski definition) is 0. The van der Waals surface area contributed by atoms with Gasteiger partial charge in [0.05, 0.1) is 0 Å². The highest BCUT2D eigenvalue weighted by molar-refractivity contribution is 8.35. The van der Waals surface area contributed by atoms with Crippen LogP contribution >= 0.6 is 10.0 Å². The smallest absolute Gasteiger partial charge is 0.0118 e.